The number of likely N-dealkylation sites (tertiary alicyclic amines) is 1. The third kappa shape index (κ3) is 4.54. The average Bonchev–Trinajstić information content (AvgIpc) is 3.52. The first kappa shape index (κ1) is 21.8. The van der Waals surface area contributed by atoms with Crippen molar-refractivity contribution in [2.24, 2.45) is 4.99 Å². The summed E-state index contributed by atoms with van der Waals surface area (Å²) in [5, 5.41) is 3.55. The van der Waals surface area contributed by atoms with Gasteiger partial charge in [-0.15, -0.1) is 0 Å². The molecule has 0 bridgehead atoms. The lowest BCUT2D eigenvalue weighted by molar-refractivity contribution is 0.0194. The van der Waals surface area contributed by atoms with Crippen molar-refractivity contribution in [2.45, 2.75) is 37.6 Å². The Labute approximate surface area is 190 Å². The molecule has 4 heterocycles. The zero-order valence-electron chi connectivity index (χ0n) is 19.2. The van der Waals surface area contributed by atoms with Gasteiger partial charge in [-0.25, -0.2) is 0 Å². The van der Waals surface area contributed by atoms with Gasteiger partial charge in [-0.1, -0.05) is 6.07 Å². The molecule has 4 aliphatic rings. The molecule has 0 aliphatic carbocycles. The van der Waals surface area contributed by atoms with Crippen LogP contribution in [0, 0.1) is 0 Å². The first-order valence-corrected chi connectivity index (χ1v) is 12.1. The van der Waals surface area contributed by atoms with Gasteiger partial charge in [0.1, 0.15) is 0 Å². The molecule has 1 unspecified atom stereocenters. The SMILES string of the molecule is CCNC(=NCC1(c2ccc3c(c2)OCO3)CCOCC1)N1CCC(N2CCOCC2)C1. The maximum absolute atomic E-state index is 5.73. The Kier molecular flexibility index (Phi) is 6.71. The van der Waals surface area contributed by atoms with E-state index in [9.17, 15) is 0 Å². The van der Waals surface area contributed by atoms with Crippen molar-refractivity contribution in [3.8, 4) is 11.5 Å². The molecule has 4 aliphatic heterocycles. The second-order valence-electron chi connectivity index (χ2n) is 9.17. The Morgan fingerprint density at radius 3 is 2.66 bits per heavy atom. The van der Waals surface area contributed by atoms with Gasteiger partial charge in [-0.05, 0) is 43.9 Å². The van der Waals surface area contributed by atoms with E-state index in [0.29, 0.717) is 12.8 Å². The Morgan fingerprint density at radius 1 is 1.06 bits per heavy atom. The first-order chi connectivity index (χ1) is 15.8. The molecular weight excluding hydrogens is 408 g/mol. The molecule has 0 saturated carbocycles. The molecule has 0 amide bonds. The van der Waals surface area contributed by atoms with Gasteiger partial charge in [-0.3, -0.25) is 9.89 Å². The highest BCUT2D eigenvalue weighted by Crippen LogP contribution is 2.41. The number of nitrogens with one attached hydrogen (secondary N) is 1. The van der Waals surface area contributed by atoms with Crippen LogP contribution in [-0.4, -0.2) is 94.3 Å². The summed E-state index contributed by atoms with van der Waals surface area (Å²) in [5.74, 6) is 2.71. The van der Waals surface area contributed by atoms with Gasteiger partial charge in [0.05, 0.1) is 19.8 Å². The fourth-order valence-corrected chi connectivity index (χ4v) is 5.35. The van der Waals surface area contributed by atoms with Crippen molar-refractivity contribution in [2.75, 3.05) is 72.5 Å². The zero-order chi connectivity index (χ0) is 21.8. The van der Waals surface area contributed by atoms with Crippen LogP contribution in [0.3, 0.4) is 0 Å². The minimum absolute atomic E-state index is 0.0385. The van der Waals surface area contributed by atoms with Crippen LogP contribution >= 0.6 is 0 Å². The Hall–Kier alpha value is -2.03. The summed E-state index contributed by atoms with van der Waals surface area (Å²) in [6, 6.07) is 6.97. The number of fused-ring (bicyclic) bond motifs is 1. The van der Waals surface area contributed by atoms with Gasteiger partial charge in [0, 0.05) is 57.4 Å². The molecular formula is C24H36N4O4. The minimum Gasteiger partial charge on any atom is -0.454 e. The van der Waals surface area contributed by atoms with E-state index in [0.717, 1.165) is 96.0 Å². The van der Waals surface area contributed by atoms with Crippen LogP contribution in [0.25, 0.3) is 0 Å². The summed E-state index contributed by atoms with van der Waals surface area (Å²) in [4.78, 5) is 10.2. The van der Waals surface area contributed by atoms with E-state index in [-0.39, 0.29) is 5.41 Å². The number of morpholine rings is 1. The average molecular weight is 445 g/mol. The summed E-state index contributed by atoms with van der Waals surface area (Å²) in [5.41, 5.74) is 1.24. The number of guanidine groups is 1. The van der Waals surface area contributed by atoms with Gasteiger partial charge in [0.2, 0.25) is 6.79 Å². The van der Waals surface area contributed by atoms with E-state index in [2.05, 4.69) is 34.2 Å². The van der Waals surface area contributed by atoms with Gasteiger partial charge in [0.25, 0.3) is 0 Å². The van der Waals surface area contributed by atoms with Crippen LogP contribution in [0.2, 0.25) is 0 Å². The third-order valence-corrected chi connectivity index (χ3v) is 7.33. The second kappa shape index (κ2) is 9.85. The van der Waals surface area contributed by atoms with Crippen LogP contribution in [0.4, 0.5) is 0 Å². The van der Waals surface area contributed by atoms with Gasteiger partial charge >= 0.3 is 0 Å². The van der Waals surface area contributed by atoms with Crippen molar-refractivity contribution in [3.05, 3.63) is 23.8 Å². The number of hydrogen-bond acceptors (Lipinski definition) is 6. The molecule has 0 radical (unpaired) electrons. The van der Waals surface area contributed by atoms with Crippen molar-refractivity contribution >= 4 is 5.96 Å². The summed E-state index contributed by atoms with van der Waals surface area (Å²) in [6.45, 7) is 11.5. The van der Waals surface area contributed by atoms with Gasteiger partial charge < -0.3 is 29.2 Å². The second-order valence-corrected chi connectivity index (χ2v) is 9.17. The van der Waals surface area contributed by atoms with E-state index in [1.54, 1.807) is 0 Å². The van der Waals surface area contributed by atoms with E-state index in [1.807, 2.05) is 6.07 Å². The molecule has 1 N–H and O–H groups in total. The lowest BCUT2D eigenvalue weighted by atomic mass is 9.74. The van der Waals surface area contributed by atoms with Gasteiger partial charge in [0.15, 0.2) is 17.5 Å². The molecule has 32 heavy (non-hydrogen) atoms. The van der Waals surface area contributed by atoms with E-state index >= 15 is 0 Å². The molecule has 1 aromatic rings. The van der Waals surface area contributed by atoms with Crippen molar-refractivity contribution in [1.82, 2.24) is 15.1 Å². The van der Waals surface area contributed by atoms with Crippen molar-refractivity contribution in [3.63, 3.8) is 0 Å². The topological polar surface area (TPSA) is 67.8 Å². The predicted molar refractivity (Wildman–Crippen MR) is 123 cm³/mol. The molecule has 176 valence electrons. The molecule has 1 aromatic carbocycles. The Bertz CT molecular complexity index is 805. The number of nitrogens with zero attached hydrogens (tertiary/aromatic N) is 3. The highest BCUT2D eigenvalue weighted by molar-refractivity contribution is 5.80. The number of aliphatic imine (C=N–C) groups is 1. The number of benzene rings is 1. The molecule has 3 fully saturated rings. The monoisotopic (exact) mass is 444 g/mol. The zero-order valence-corrected chi connectivity index (χ0v) is 19.2. The van der Waals surface area contributed by atoms with Crippen LogP contribution in [0.5, 0.6) is 11.5 Å². The largest absolute Gasteiger partial charge is 0.454 e. The molecule has 0 spiro atoms. The molecule has 3 saturated heterocycles. The maximum Gasteiger partial charge on any atom is 0.231 e. The van der Waals surface area contributed by atoms with Crippen LogP contribution in [-0.2, 0) is 14.9 Å². The van der Waals surface area contributed by atoms with Crippen molar-refractivity contribution in [1.29, 1.82) is 0 Å². The first-order valence-electron chi connectivity index (χ1n) is 12.1. The predicted octanol–water partition coefficient (Wildman–Crippen LogP) is 1.84. The van der Waals surface area contributed by atoms with E-state index in [4.69, 9.17) is 23.9 Å². The van der Waals surface area contributed by atoms with Crippen molar-refractivity contribution < 1.29 is 18.9 Å². The fourth-order valence-electron chi connectivity index (χ4n) is 5.35. The van der Waals surface area contributed by atoms with Crippen LogP contribution in [0.15, 0.2) is 23.2 Å². The highest BCUT2D eigenvalue weighted by atomic mass is 16.7. The maximum atomic E-state index is 5.73. The standard InChI is InChI=1S/C24H36N4O4/c1-2-25-23(28-8-5-20(16-28)27-9-13-30-14-10-27)26-17-24(6-11-29-12-7-24)19-3-4-21-22(15-19)32-18-31-21/h3-4,15,20H,2,5-14,16-18H2,1H3,(H,25,26). The lowest BCUT2D eigenvalue weighted by Crippen LogP contribution is -2.47. The Morgan fingerprint density at radius 2 is 1.84 bits per heavy atom. The molecule has 1 atom stereocenters. The van der Waals surface area contributed by atoms with Crippen LogP contribution < -0.4 is 14.8 Å². The normalized spacial score (nSPS) is 25.8. The molecule has 5 rings (SSSR count). The summed E-state index contributed by atoms with van der Waals surface area (Å²) >= 11 is 0. The minimum atomic E-state index is -0.0385. The number of hydrogen-bond donors (Lipinski definition) is 1. The van der Waals surface area contributed by atoms with E-state index in [1.165, 1.54) is 12.0 Å². The van der Waals surface area contributed by atoms with Crippen LogP contribution in [0.1, 0.15) is 31.7 Å². The third-order valence-electron chi connectivity index (χ3n) is 7.33. The Balaban J connectivity index is 1.33. The number of ether oxygens (including phenoxy) is 4. The number of rotatable bonds is 5. The summed E-state index contributed by atoms with van der Waals surface area (Å²) in [6.07, 6.45) is 3.11. The molecule has 8 heteroatoms. The summed E-state index contributed by atoms with van der Waals surface area (Å²) < 4.78 is 22.5. The molecule has 0 aromatic heterocycles. The molecule has 8 nitrogen and oxygen atoms in total. The fraction of sp³-hybridized carbons (Fsp3) is 0.708. The lowest BCUT2D eigenvalue weighted by Gasteiger charge is -2.37. The quantitative estimate of drug-likeness (QED) is 0.549. The smallest absolute Gasteiger partial charge is 0.231 e. The van der Waals surface area contributed by atoms with Gasteiger partial charge in [-0.2, -0.15) is 0 Å². The highest BCUT2D eigenvalue weighted by Gasteiger charge is 2.36. The summed E-state index contributed by atoms with van der Waals surface area (Å²) in [7, 11) is 0. The van der Waals surface area contributed by atoms with E-state index < -0.39 is 0 Å².